The predicted molar refractivity (Wildman–Crippen MR) is 78.6 cm³/mol. The number of carbonyl (C=O) groups is 1. The van der Waals surface area contributed by atoms with Crippen LogP contribution in [0.25, 0.3) is 0 Å². The second kappa shape index (κ2) is 5.65. The Morgan fingerprint density at radius 3 is 2.52 bits per heavy atom. The monoisotopic (exact) mass is 312 g/mol. The van der Waals surface area contributed by atoms with Gasteiger partial charge in [-0.15, -0.1) is 0 Å². The predicted octanol–water partition coefficient (Wildman–Crippen LogP) is 1.46. The lowest BCUT2D eigenvalue weighted by molar-refractivity contribution is 0.0589. The number of carbonyl (C=O) groups excluding carboxylic acids is 1. The fourth-order valence-electron chi connectivity index (χ4n) is 2.34. The van der Waals surface area contributed by atoms with Crippen molar-refractivity contribution in [3.63, 3.8) is 0 Å². The number of methoxy groups -OCH3 is 1. The Kier molecular flexibility index (Phi) is 4.25. The molecule has 0 bridgehead atoms. The maximum Gasteiger partial charge on any atom is 0.354 e. The second-order valence-electron chi connectivity index (χ2n) is 5.19. The Balaban J connectivity index is 2.44. The number of esters is 1. The maximum absolute atomic E-state index is 12.7. The van der Waals surface area contributed by atoms with Crippen LogP contribution in [-0.2, 0) is 21.8 Å². The number of ether oxygens (including phenoxy) is 1. The molecule has 1 aliphatic heterocycles. The molecule has 116 valence electrons. The highest BCUT2D eigenvalue weighted by Gasteiger charge is 2.30. The van der Waals surface area contributed by atoms with Crippen LogP contribution in [0.3, 0.4) is 0 Å². The van der Waals surface area contributed by atoms with Crippen LogP contribution in [0.1, 0.15) is 29.5 Å². The van der Waals surface area contributed by atoms with E-state index in [1.165, 1.54) is 23.1 Å². The van der Waals surface area contributed by atoms with Crippen LogP contribution in [0.2, 0.25) is 0 Å². The van der Waals surface area contributed by atoms with Crippen LogP contribution in [-0.4, -0.2) is 43.5 Å². The third-order valence-electron chi connectivity index (χ3n) is 3.90. The Hall–Kier alpha value is -1.60. The summed E-state index contributed by atoms with van der Waals surface area (Å²) in [5.41, 5.74) is 1.96. The van der Waals surface area contributed by atoms with Crippen LogP contribution in [0.4, 0.5) is 0 Å². The molecule has 0 atom stereocenters. The molecule has 7 heteroatoms. The zero-order chi connectivity index (χ0) is 15.8. The number of rotatable bonds is 3. The summed E-state index contributed by atoms with van der Waals surface area (Å²) in [5.74, 6) is -0.545. The number of hydrogen-bond acceptors (Lipinski definition) is 4. The third-order valence-corrected chi connectivity index (χ3v) is 5.88. The fourth-order valence-corrected chi connectivity index (χ4v) is 3.99. The third kappa shape index (κ3) is 2.75. The molecule has 2 rings (SSSR count). The molecule has 6 nitrogen and oxygen atoms in total. The van der Waals surface area contributed by atoms with Gasteiger partial charge < -0.3 is 9.30 Å². The van der Waals surface area contributed by atoms with E-state index in [1.54, 1.807) is 18.5 Å². The first-order valence-corrected chi connectivity index (χ1v) is 8.13. The van der Waals surface area contributed by atoms with Crippen molar-refractivity contribution in [3.05, 3.63) is 29.1 Å². The van der Waals surface area contributed by atoms with E-state index in [0.717, 1.165) is 6.42 Å². The molecule has 0 N–H and O–H groups in total. The van der Waals surface area contributed by atoms with E-state index < -0.39 is 16.0 Å². The van der Waals surface area contributed by atoms with Gasteiger partial charge in [0.1, 0.15) is 10.6 Å². The molecule has 0 spiro atoms. The van der Waals surface area contributed by atoms with Gasteiger partial charge in [0.05, 0.1) is 7.11 Å². The van der Waals surface area contributed by atoms with Crippen LogP contribution in [0, 0.1) is 6.92 Å². The van der Waals surface area contributed by atoms with Gasteiger partial charge >= 0.3 is 5.97 Å². The molecule has 0 saturated heterocycles. The zero-order valence-corrected chi connectivity index (χ0v) is 13.5. The van der Waals surface area contributed by atoms with Crippen LogP contribution >= 0.6 is 0 Å². The van der Waals surface area contributed by atoms with Gasteiger partial charge in [-0.05, 0) is 26.3 Å². The lowest BCUT2D eigenvalue weighted by Gasteiger charge is -2.24. The van der Waals surface area contributed by atoms with E-state index in [1.807, 2.05) is 13.0 Å². The van der Waals surface area contributed by atoms with Gasteiger partial charge in [0, 0.05) is 25.8 Å². The highest BCUT2D eigenvalue weighted by Crippen LogP contribution is 2.25. The summed E-state index contributed by atoms with van der Waals surface area (Å²) >= 11 is 0. The minimum Gasteiger partial charge on any atom is -0.464 e. The summed E-state index contributed by atoms with van der Waals surface area (Å²) in [6, 6.07) is 1.39. The number of nitrogens with zero attached hydrogens (tertiary/aromatic N) is 2. The molecule has 1 aromatic heterocycles. The van der Waals surface area contributed by atoms with Crippen LogP contribution < -0.4 is 0 Å². The molecular formula is C14H20N2O4S. The molecule has 0 saturated carbocycles. The quantitative estimate of drug-likeness (QED) is 0.626. The van der Waals surface area contributed by atoms with Crippen molar-refractivity contribution in [2.45, 2.75) is 25.2 Å². The topological polar surface area (TPSA) is 68.6 Å². The summed E-state index contributed by atoms with van der Waals surface area (Å²) in [6.45, 7) is 4.51. The summed E-state index contributed by atoms with van der Waals surface area (Å²) in [4.78, 5) is 11.9. The van der Waals surface area contributed by atoms with Crippen molar-refractivity contribution >= 4 is 16.0 Å². The first kappa shape index (κ1) is 15.8. The molecular weight excluding hydrogens is 292 g/mol. The van der Waals surface area contributed by atoms with Gasteiger partial charge in [-0.1, -0.05) is 11.6 Å². The normalized spacial score (nSPS) is 16.7. The van der Waals surface area contributed by atoms with E-state index in [-0.39, 0.29) is 10.6 Å². The Bertz CT molecular complexity index is 701. The molecule has 0 fully saturated rings. The number of aromatic nitrogens is 1. The molecule has 2 heterocycles. The van der Waals surface area contributed by atoms with Gasteiger partial charge in [0.2, 0.25) is 10.0 Å². The Labute approximate surface area is 125 Å². The Morgan fingerprint density at radius 2 is 2.00 bits per heavy atom. The van der Waals surface area contributed by atoms with Gasteiger partial charge in [0.25, 0.3) is 0 Å². The molecule has 0 aliphatic carbocycles. The summed E-state index contributed by atoms with van der Waals surface area (Å²) in [5, 5.41) is 0. The van der Waals surface area contributed by atoms with Crippen molar-refractivity contribution in [2.24, 2.45) is 7.05 Å². The first-order valence-electron chi connectivity index (χ1n) is 6.69. The highest BCUT2D eigenvalue weighted by molar-refractivity contribution is 7.89. The largest absolute Gasteiger partial charge is 0.464 e. The summed E-state index contributed by atoms with van der Waals surface area (Å²) < 4.78 is 33.1. The van der Waals surface area contributed by atoms with Crippen molar-refractivity contribution in [1.29, 1.82) is 0 Å². The van der Waals surface area contributed by atoms with E-state index in [9.17, 15) is 13.2 Å². The van der Waals surface area contributed by atoms with Crippen molar-refractivity contribution in [1.82, 2.24) is 8.87 Å². The average Bonchev–Trinajstić information content (AvgIpc) is 2.75. The summed E-state index contributed by atoms with van der Waals surface area (Å²) in [7, 11) is -0.671. The maximum atomic E-state index is 12.7. The first-order chi connectivity index (χ1) is 9.78. The van der Waals surface area contributed by atoms with Crippen molar-refractivity contribution in [2.75, 3.05) is 20.2 Å². The SMILES string of the molecule is COC(=O)c1cc(S(=O)(=O)N2CC=C(C)CC2)c(C)n1C. The van der Waals surface area contributed by atoms with Crippen molar-refractivity contribution < 1.29 is 17.9 Å². The number of hydrogen-bond donors (Lipinski definition) is 0. The van der Waals surface area contributed by atoms with Gasteiger partial charge in [-0.3, -0.25) is 0 Å². The molecule has 1 aliphatic rings. The van der Waals surface area contributed by atoms with Gasteiger partial charge in [0.15, 0.2) is 0 Å². The molecule has 21 heavy (non-hydrogen) atoms. The second-order valence-corrected chi connectivity index (χ2v) is 7.10. The number of sulfonamides is 1. The van der Waals surface area contributed by atoms with Gasteiger partial charge in [-0.2, -0.15) is 4.31 Å². The smallest absolute Gasteiger partial charge is 0.354 e. The molecule has 0 unspecified atom stereocenters. The van der Waals surface area contributed by atoms with Crippen LogP contribution in [0.15, 0.2) is 22.6 Å². The van der Waals surface area contributed by atoms with E-state index in [4.69, 9.17) is 0 Å². The van der Waals surface area contributed by atoms with Crippen LogP contribution in [0.5, 0.6) is 0 Å². The fraction of sp³-hybridized carbons (Fsp3) is 0.500. The van der Waals surface area contributed by atoms with Gasteiger partial charge in [-0.25, -0.2) is 13.2 Å². The standard InChI is InChI=1S/C14H20N2O4S/c1-10-5-7-16(8-6-10)21(18,19)13-9-12(14(17)20-4)15(3)11(13)2/h5,9H,6-8H2,1-4H3. The Morgan fingerprint density at radius 1 is 1.33 bits per heavy atom. The van der Waals surface area contributed by atoms with Crippen molar-refractivity contribution in [3.8, 4) is 0 Å². The average molecular weight is 312 g/mol. The lowest BCUT2D eigenvalue weighted by atomic mass is 10.1. The van der Waals surface area contributed by atoms with E-state index in [0.29, 0.717) is 18.8 Å². The van der Waals surface area contributed by atoms with E-state index >= 15 is 0 Å². The zero-order valence-electron chi connectivity index (χ0n) is 12.7. The lowest BCUT2D eigenvalue weighted by Crippen LogP contribution is -2.34. The molecule has 0 radical (unpaired) electrons. The summed E-state index contributed by atoms with van der Waals surface area (Å²) in [6.07, 6.45) is 2.65. The minimum absolute atomic E-state index is 0.165. The minimum atomic E-state index is -3.60. The molecule has 0 amide bonds. The van der Waals surface area contributed by atoms with E-state index in [2.05, 4.69) is 4.74 Å². The highest BCUT2D eigenvalue weighted by atomic mass is 32.2. The molecule has 0 aromatic carbocycles. The molecule has 1 aromatic rings.